The van der Waals surface area contributed by atoms with Crippen molar-refractivity contribution in [1.29, 1.82) is 5.26 Å². The average molecular weight is 331 g/mol. The number of ether oxygens (including phenoxy) is 1. The van der Waals surface area contributed by atoms with Crippen molar-refractivity contribution < 1.29 is 13.2 Å². The summed E-state index contributed by atoms with van der Waals surface area (Å²) in [6.45, 7) is 2.33. The summed E-state index contributed by atoms with van der Waals surface area (Å²) in [7, 11) is -2.33. The van der Waals surface area contributed by atoms with Gasteiger partial charge in [-0.15, -0.1) is 0 Å². The minimum Gasteiger partial charge on any atom is -0.492 e. The van der Waals surface area contributed by atoms with Crippen LogP contribution in [-0.4, -0.2) is 37.9 Å². The van der Waals surface area contributed by atoms with Crippen molar-refractivity contribution in [3.63, 3.8) is 0 Å². The molecule has 7 heteroatoms. The van der Waals surface area contributed by atoms with Gasteiger partial charge in [0.2, 0.25) is 10.0 Å². The van der Waals surface area contributed by atoms with Gasteiger partial charge in [0.25, 0.3) is 0 Å². The van der Waals surface area contributed by atoms with Crippen molar-refractivity contribution in [3.05, 3.63) is 53.9 Å². The fourth-order valence-electron chi connectivity index (χ4n) is 1.97. The zero-order chi connectivity index (χ0) is 16.9. The maximum Gasteiger partial charge on any atom is 0.245 e. The summed E-state index contributed by atoms with van der Waals surface area (Å²) in [6.07, 6.45) is 1.39. The first kappa shape index (κ1) is 16.9. The van der Waals surface area contributed by atoms with E-state index in [1.807, 2.05) is 31.2 Å². The Morgan fingerprint density at radius 3 is 2.78 bits per heavy atom. The summed E-state index contributed by atoms with van der Waals surface area (Å²) >= 11 is 0. The first-order valence-electron chi connectivity index (χ1n) is 6.96. The van der Waals surface area contributed by atoms with E-state index >= 15 is 0 Å². The van der Waals surface area contributed by atoms with Gasteiger partial charge in [0.05, 0.1) is 0 Å². The monoisotopic (exact) mass is 331 g/mol. The molecular weight excluding hydrogens is 314 g/mol. The number of sulfonamides is 1. The highest BCUT2D eigenvalue weighted by atomic mass is 32.2. The van der Waals surface area contributed by atoms with Crippen LogP contribution in [0.25, 0.3) is 0 Å². The molecule has 0 fully saturated rings. The summed E-state index contributed by atoms with van der Waals surface area (Å²) in [5.41, 5.74) is 0.955. The number of nitrogens with zero attached hydrogens (tertiary/aromatic N) is 3. The van der Waals surface area contributed by atoms with Crippen molar-refractivity contribution in [2.45, 2.75) is 11.8 Å². The molecule has 0 amide bonds. The quantitative estimate of drug-likeness (QED) is 0.808. The minimum atomic E-state index is -3.78. The maximum atomic E-state index is 12.5. The number of aromatic nitrogens is 1. The second kappa shape index (κ2) is 7.22. The Labute approximate surface area is 136 Å². The van der Waals surface area contributed by atoms with E-state index in [0.29, 0.717) is 5.75 Å². The van der Waals surface area contributed by atoms with E-state index in [9.17, 15) is 8.42 Å². The standard InChI is InChI=1S/C16H17N3O3S/c1-13-5-3-6-14(11-13)22-10-9-19(2)23(20,21)16-7-4-8-18-15(16)12-17/h3-8,11H,9-10H2,1-2H3. The zero-order valence-corrected chi connectivity index (χ0v) is 13.7. The van der Waals surface area contributed by atoms with Crippen LogP contribution in [0.4, 0.5) is 0 Å². The SMILES string of the molecule is Cc1cccc(OCCN(C)S(=O)(=O)c2cccnc2C#N)c1. The average Bonchev–Trinajstić information content (AvgIpc) is 2.54. The highest BCUT2D eigenvalue weighted by Crippen LogP contribution is 2.17. The third-order valence-electron chi connectivity index (χ3n) is 3.23. The van der Waals surface area contributed by atoms with E-state index in [1.54, 1.807) is 6.07 Å². The molecule has 0 aliphatic carbocycles. The third kappa shape index (κ3) is 4.06. The van der Waals surface area contributed by atoms with Gasteiger partial charge in [-0.25, -0.2) is 13.4 Å². The fourth-order valence-corrected chi connectivity index (χ4v) is 3.21. The van der Waals surface area contributed by atoms with Crippen LogP contribution in [-0.2, 0) is 10.0 Å². The van der Waals surface area contributed by atoms with Crippen molar-refractivity contribution in [2.24, 2.45) is 0 Å². The molecule has 2 rings (SSSR count). The van der Waals surface area contributed by atoms with Gasteiger partial charge in [-0.3, -0.25) is 0 Å². The molecular formula is C16H17N3O3S. The summed E-state index contributed by atoms with van der Waals surface area (Å²) < 4.78 is 31.7. The van der Waals surface area contributed by atoms with Crippen LogP contribution in [0.5, 0.6) is 5.75 Å². The molecule has 2 aromatic rings. The van der Waals surface area contributed by atoms with Gasteiger partial charge in [0.15, 0.2) is 5.69 Å². The van der Waals surface area contributed by atoms with Crippen LogP contribution in [0, 0.1) is 18.3 Å². The Kier molecular flexibility index (Phi) is 5.32. The number of benzene rings is 1. The lowest BCUT2D eigenvalue weighted by atomic mass is 10.2. The van der Waals surface area contributed by atoms with E-state index in [-0.39, 0.29) is 23.7 Å². The number of hydrogen-bond donors (Lipinski definition) is 0. The topological polar surface area (TPSA) is 83.3 Å². The zero-order valence-electron chi connectivity index (χ0n) is 12.9. The molecule has 0 atom stereocenters. The Bertz CT molecular complexity index is 828. The van der Waals surface area contributed by atoms with E-state index in [4.69, 9.17) is 10.00 Å². The molecule has 1 aromatic carbocycles. The number of rotatable bonds is 6. The van der Waals surface area contributed by atoms with Crippen LogP contribution >= 0.6 is 0 Å². The Hall–Kier alpha value is -2.43. The largest absolute Gasteiger partial charge is 0.492 e. The normalized spacial score (nSPS) is 11.2. The van der Waals surface area contributed by atoms with Crippen molar-refractivity contribution in [1.82, 2.24) is 9.29 Å². The Morgan fingerprint density at radius 2 is 2.09 bits per heavy atom. The third-order valence-corrected chi connectivity index (χ3v) is 5.12. The summed E-state index contributed by atoms with van der Waals surface area (Å²) in [5, 5.41) is 8.99. The molecule has 0 unspecified atom stereocenters. The van der Waals surface area contributed by atoms with Gasteiger partial charge < -0.3 is 4.74 Å². The molecule has 23 heavy (non-hydrogen) atoms. The van der Waals surface area contributed by atoms with E-state index < -0.39 is 10.0 Å². The lowest BCUT2D eigenvalue weighted by Crippen LogP contribution is -2.31. The number of pyridine rings is 1. The number of likely N-dealkylation sites (N-methyl/N-ethyl adjacent to an activating group) is 1. The molecule has 0 aliphatic rings. The van der Waals surface area contributed by atoms with Crippen LogP contribution < -0.4 is 4.74 Å². The van der Waals surface area contributed by atoms with Crippen molar-refractivity contribution in [3.8, 4) is 11.8 Å². The van der Waals surface area contributed by atoms with Gasteiger partial charge in [0, 0.05) is 19.8 Å². The number of nitriles is 1. The molecule has 0 saturated carbocycles. The minimum absolute atomic E-state index is 0.0967. The van der Waals surface area contributed by atoms with E-state index in [1.165, 1.54) is 25.4 Å². The number of aryl methyl sites for hydroxylation is 1. The van der Waals surface area contributed by atoms with E-state index in [2.05, 4.69) is 4.98 Å². The molecule has 0 N–H and O–H groups in total. The maximum absolute atomic E-state index is 12.5. The van der Waals surface area contributed by atoms with Crippen LogP contribution in [0.3, 0.4) is 0 Å². The summed E-state index contributed by atoms with van der Waals surface area (Å²) in [4.78, 5) is 3.69. The Morgan fingerprint density at radius 1 is 1.30 bits per heavy atom. The predicted molar refractivity (Wildman–Crippen MR) is 85.4 cm³/mol. The number of hydrogen-bond acceptors (Lipinski definition) is 5. The second-order valence-electron chi connectivity index (χ2n) is 4.95. The molecule has 0 radical (unpaired) electrons. The van der Waals surface area contributed by atoms with Gasteiger partial charge in [-0.05, 0) is 36.8 Å². The van der Waals surface area contributed by atoms with E-state index in [0.717, 1.165) is 9.87 Å². The molecule has 1 heterocycles. The molecule has 6 nitrogen and oxygen atoms in total. The van der Waals surface area contributed by atoms with Crippen LogP contribution in [0.15, 0.2) is 47.5 Å². The second-order valence-corrected chi connectivity index (χ2v) is 6.97. The molecule has 0 spiro atoms. The smallest absolute Gasteiger partial charge is 0.245 e. The highest BCUT2D eigenvalue weighted by molar-refractivity contribution is 7.89. The van der Waals surface area contributed by atoms with Gasteiger partial charge in [-0.2, -0.15) is 9.57 Å². The first-order valence-corrected chi connectivity index (χ1v) is 8.40. The van der Waals surface area contributed by atoms with Gasteiger partial charge >= 0.3 is 0 Å². The molecule has 120 valence electrons. The lowest BCUT2D eigenvalue weighted by molar-refractivity contribution is 0.286. The molecule has 0 saturated heterocycles. The fraction of sp³-hybridized carbons (Fsp3) is 0.250. The summed E-state index contributed by atoms with van der Waals surface area (Å²) in [6, 6.07) is 12.2. The van der Waals surface area contributed by atoms with Crippen molar-refractivity contribution in [2.75, 3.05) is 20.2 Å². The molecule has 0 aliphatic heterocycles. The lowest BCUT2D eigenvalue weighted by Gasteiger charge is -2.18. The Balaban J connectivity index is 2.05. The van der Waals surface area contributed by atoms with Crippen LogP contribution in [0.2, 0.25) is 0 Å². The van der Waals surface area contributed by atoms with Gasteiger partial charge in [0.1, 0.15) is 23.3 Å². The molecule has 1 aromatic heterocycles. The highest BCUT2D eigenvalue weighted by Gasteiger charge is 2.24. The first-order chi connectivity index (χ1) is 10.9. The summed E-state index contributed by atoms with van der Waals surface area (Å²) in [5.74, 6) is 0.690. The van der Waals surface area contributed by atoms with Crippen LogP contribution in [0.1, 0.15) is 11.3 Å². The van der Waals surface area contributed by atoms with Gasteiger partial charge in [-0.1, -0.05) is 12.1 Å². The molecule has 0 bridgehead atoms. The predicted octanol–water partition coefficient (Wildman–Crippen LogP) is 1.96. The van der Waals surface area contributed by atoms with Crippen molar-refractivity contribution >= 4 is 10.0 Å².